The molecule has 0 bridgehead atoms. The van der Waals surface area contributed by atoms with Crippen molar-refractivity contribution >= 4 is 107 Å². The smallest absolute Gasteiger partial charge is 0.0450 e. The molecule has 9 rings (SSSR count). The Bertz CT molecular complexity index is 2200. The van der Waals surface area contributed by atoms with Crippen LogP contribution in [-0.4, -0.2) is 0 Å². The molecule has 6 aromatic carbocycles. The molecule has 3 heteroatoms. The molecule has 0 unspecified atom stereocenters. The normalized spacial score (nSPS) is 12.6. The average Bonchev–Trinajstić information content (AvgIpc) is 3.65. The molecule has 162 valence electrons. The van der Waals surface area contributed by atoms with Crippen molar-refractivity contribution in [1.29, 1.82) is 0 Å². The van der Waals surface area contributed by atoms with Crippen LogP contribution in [-0.2, 0) is 0 Å². The van der Waals surface area contributed by atoms with Gasteiger partial charge in [0.1, 0.15) is 0 Å². The number of benzene rings is 6. The maximum Gasteiger partial charge on any atom is 0.0450 e. The molecular formula is C32H16S3. The van der Waals surface area contributed by atoms with Gasteiger partial charge in [0.25, 0.3) is 0 Å². The summed E-state index contributed by atoms with van der Waals surface area (Å²) in [7, 11) is 0. The molecule has 0 spiro atoms. The topological polar surface area (TPSA) is 0 Å². The summed E-state index contributed by atoms with van der Waals surface area (Å²) in [5.74, 6) is 0. The van der Waals surface area contributed by atoms with E-state index in [9.17, 15) is 0 Å². The largest absolute Gasteiger partial charge is 0.143 e. The van der Waals surface area contributed by atoms with Crippen LogP contribution in [0, 0.1) is 0 Å². The highest BCUT2D eigenvalue weighted by molar-refractivity contribution is 7.27. The van der Waals surface area contributed by atoms with Gasteiger partial charge in [-0.1, -0.05) is 66.7 Å². The molecule has 0 aliphatic rings. The molecule has 3 heterocycles. The van der Waals surface area contributed by atoms with Gasteiger partial charge in [-0.15, -0.1) is 34.0 Å². The highest BCUT2D eigenvalue weighted by Gasteiger charge is 2.19. The van der Waals surface area contributed by atoms with Gasteiger partial charge in [0.15, 0.2) is 0 Å². The Morgan fingerprint density at radius 3 is 1.83 bits per heavy atom. The monoisotopic (exact) mass is 496 g/mol. The van der Waals surface area contributed by atoms with Gasteiger partial charge < -0.3 is 0 Å². The van der Waals surface area contributed by atoms with Crippen LogP contribution in [0.25, 0.3) is 83.8 Å². The summed E-state index contributed by atoms with van der Waals surface area (Å²) >= 11 is 5.69. The Kier molecular flexibility index (Phi) is 3.53. The molecule has 35 heavy (non-hydrogen) atoms. The Labute approximate surface area is 212 Å². The minimum atomic E-state index is 1.31. The van der Waals surface area contributed by atoms with E-state index in [1.807, 2.05) is 34.0 Å². The van der Waals surface area contributed by atoms with E-state index in [1.54, 1.807) is 0 Å². The predicted molar refractivity (Wildman–Crippen MR) is 159 cm³/mol. The summed E-state index contributed by atoms with van der Waals surface area (Å²) in [6, 6.07) is 32.0. The molecule has 0 saturated carbocycles. The summed E-state index contributed by atoms with van der Waals surface area (Å²) in [5.41, 5.74) is 1.35. The number of rotatable bonds is 1. The van der Waals surface area contributed by atoms with Crippen LogP contribution in [0.2, 0.25) is 0 Å². The third kappa shape index (κ3) is 2.31. The number of hydrogen-bond acceptors (Lipinski definition) is 3. The maximum atomic E-state index is 2.46. The average molecular weight is 497 g/mol. The van der Waals surface area contributed by atoms with Crippen molar-refractivity contribution in [3.05, 3.63) is 95.7 Å². The van der Waals surface area contributed by atoms with Crippen LogP contribution >= 0.6 is 34.0 Å². The number of thiophene rings is 3. The fraction of sp³-hybridized carbons (Fsp3) is 0. The van der Waals surface area contributed by atoms with Crippen molar-refractivity contribution in [2.75, 3.05) is 0 Å². The second-order valence-electron chi connectivity index (χ2n) is 9.28. The van der Waals surface area contributed by atoms with Gasteiger partial charge in [0, 0.05) is 40.7 Å². The first-order valence-corrected chi connectivity index (χ1v) is 14.3. The quantitative estimate of drug-likeness (QED) is 0.157. The first-order valence-electron chi connectivity index (χ1n) is 11.8. The molecular weight excluding hydrogens is 481 g/mol. The van der Waals surface area contributed by atoms with E-state index in [0.717, 1.165) is 0 Å². The van der Waals surface area contributed by atoms with Crippen molar-refractivity contribution in [1.82, 2.24) is 0 Å². The van der Waals surface area contributed by atoms with E-state index >= 15 is 0 Å². The molecule has 0 aliphatic heterocycles. The van der Waals surface area contributed by atoms with Gasteiger partial charge in [-0.3, -0.25) is 0 Å². The van der Waals surface area contributed by atoms with E-state index in [-0.39, 0.29) is 0 Å². The Hall–Kier alpha value is -3.50. The zero-order valence-electron chi connectivity index (χ0n) is 18.5. The third-order valence-electron chi connectivity index (χ3n) is 7.57. The van der Waals surface area contributed by atoms with Crippen LogP contribution in [0.4, 0.5) is 0 Å². The van der Waals surface area contributed by atoms with Gasteiger partial charge in [0.2, 0.25) is 0 Å². The van der Waals surface area contributed by atoms with Crippen LogP contribution < -0.4 is 0 Å². The van der Waals surface area contributed by atoms with Gasteiger partial charge in [-0.05, 0) is 72.0 Å². The molecule has 0 nitrogen and oxygen atoms in total. The van der Waals surface area contributed by atoms with Crippen LogP contribution in [0.3, 0.4) is 0 Å². The molecule has 0 radical (unpaired) electrons. The molecule has 0 aliphatic carbocycles. The van der Waals surface area contributed by atoms with Gasteiger partial charge in [-0.2, -0.15) is 0 Å². The molecule has 0 amide bonds. The SMILES string of the molecule is c1cc2cccc3c4c(-c5cc6c7sccc7c7sccc7c6s5)ccc5cccc(c(c1)c23)c54. The summed E-state index contributed by atoms with van der Waals surface area (Å²) < 4.78 is 4.25. The lowest BCUT2D eigenvalue weighted by Crippen LogP contribution is -1.88. The Morgan fingerprint density at radius 1 is 0.429 bits per heavy atom. The fourth-order valence-electron chi connectivity index (χ4n) is 6.15. The molecule has 0 fully saturated rings. The fourth-order valence-corrected chi connectivity index (χ4v) is 9.43. The zero-order chi connectivity index (χ0) is 22.7. The summed E-state index contributed by atoms with van der Waals surface area (Å²) in [6.45, 7) is 0. The van der Waals surface area contributed by atoms with Crippen molar-refractivity contribution < 1.29 is 0 Å². The highest BCUT2D eigenvalue weighted by atomic mass is 32.1. The molecule has 0 N–H and O–H groups in total. The minimum absolute atomic E-state index is 1.31. The van der Waals surface area contributed by atoms with Gasteiger partial charge in [-0.25, -0.2) is 0 Å². The molecule has 9 aromatic rings. The third-order valence-corrected chi connectivity index (χ3v) is 10.7. The van der Waals surface area contributed by atoms with Gasteiger partial charge in [0.05, 0.1) is 0 Å². The molecule has 0 saturated heterocycles. The number of hydrogen-bond donors (Lipinski definition) is 0. The second-order valence-corrected chi connectivity index (χ2v) is 12.2. The van der Waals surface area contributed by atoms with E-state index in [1.165, 1.54) is 83.8 Å². The van der Waals surface area contributed by atoms with Crippen molar-refractivity contribution in [3.8, 4) is 10.4 Å². The lowest BCUT2D eigenvalue weighted by atomic mass is 9.87. The van der Waals surface area contributed by atoms with Crippen molar-refractivity contribution in [2.24, 2.45) is 0 Å². The van der Waals surface area contributed by atoms with E-state index < -0.39 is 0 Å². The van der Waals surface area contributed by atoms with E-state index in [0.29, 0.717) is 0 Å². The lowest BCUT2D eigenvalue weighted by molar-refractivity contribution is 1.78. The van der Waals surface area contributed by atoms with Gasteiger partial charge >= 0.3 is 0 Å². The van der Waals surface area contributed by atoms with Crippen molar-refractivity contribution in [2.45, 2.75) is 0 Å². The first-order chi connectivity index (χ1) is 17.4. The molecule has 3 aromatic heterocycles. The van der Waals surface area contributed by atoms with E-state index in [4.69, 9.17) is 0 Å². The highest BCUT2D eigenvalue weighted by Crippen LogP contribution is 2.49. The van der Waals surface area contributed by atoms with Crippen LogP contribution in [0.1, 0.15) is 0 Å². The molecule has 0 atom stereocenters. The standard InChI is InChI=1S/C32H16S3/c1-4-17-5-3-9-22-27(17)19(7-1)20-8-2-6-18-10-11-21(29(22)28(18)20)26-16-25-31-23(12-14-34-31)30-24(13-15-33-30)32(25)35-26/h1-16H. The summed E-state index contributed by atoms with van der Waals surface area (Å²) in [4.78, 5) is 1.36. The van der Waals surface area contributed by atoms with Crippen molar-refractivity contribution in [3.63, 3.8) is 0 Å². The second kappa shape index (κ2) is 6.58. The van der Waals surface area contributed by atoms with Crippen LogP contribution in [0.15, 0.2) is 95.7 Å². The Balaban J connectivity index is 1.52. The maximum absolute atomic E-state index is 2.46. The Morgan fingerprint density at radius 2 is 1.06 bits per heavy atom. The number of fused-ring (bicyclic) bond motifs is 8. The first kappa shape index (κ1) is 18.8. The minimum Gasteiger partial charge on any atom is -0.143 e. The summed E-state index contributed by atoms with van der Waals surface area (Å²) in [6.07, 6.45) is 0. The van der Waals surface area contributed by atoms with E-state index in [2.05, 4.69) is 95.7 Å². The predicted octanol–water partition coefficient (Wildman–Crippen LogP) is 11.0. The lowest BCUT2D eigenvalue weighted by Gasteiger charge is -2.16. The zero-order valence-corrected chi connectivity index (χ0v) is 20.9. The van der Waals surface area contributed by atoms with Crippen LogP contribution in [0.5, 0.6) is 0 Å². The summed E-state index contributed by atoms with van der Waals surface area (Å²) in [5, 5.41) is 19.5.